The molecule has 1 aliphatic heterocycles. The van der Waals surface area contributed by atoms with Crippen molar-refractivity contribution < 1.29 is 14.7 Å². The first-order chi connectivity index (χ1) is 9.52. The van der Waals surface area contributed by atoms with Crippen LogP contribution in [0.4, 0.5) is 0 Å². The van der Waals surface area contributed by atoms with Gasteiger partial charge < -0.3 is 20.3 Å². The Hall–Kier alpha value is -1.89. The topological polar surface area (TPSA) is 101 Å². The second-order valence-corrected chi connectivity index (χ2v) is 5.19. The lowest BCUT2D eigenvalue weighted by Crippen LogP contribution is -2.46. The lowest BCUT2D eigenvalue weighted by atomic mass is 9.91. The van der Waals surface area contributed by atoms with Crippen molar-refractivity contribution in [2.75, 3.05) is 13.1 Å². The number of carboxylic acid groups (broad SMARTS) is 1. The Kier molecular flexibility index (Phi) is 4.39. The number of aliphatic carboxylic acids is 1. The Morgan fingerprint density at radius 1 is 1.55 bits per heavy atom. The fraction of sp³-hybridized carbons (Fsp3) is 0.615. The molecule has 2 heterocycles. The van der Waals surface area contributed by atoms with Gasteiger partial charge >= 0.3 is 5.97 Å². The molecule has 0 aromatic carbocycles. The number of amides is 1. The summed E-state index contributed by atoms with van der Waals surface area (Å²) in [6, 6.07) is -0.0861. The molecule has 110 valence electrons. The summed E-state index contributed by atoms with van der Waals surface area (Å²) in [5.41, 5.74) is 5.84. The average molecular weight is 280 g/mol. The van der Waals surface area contributed by atoms with Crippen LogP contribution >= 0.6 is 0 Å². The molecule has 1 aromatic heterocycles. The van der Waals surface area contributed by atoms with Gasteiger partial charge in [0.15, 0.2) is 0 Å². The molecule has 0 bridgehead atoms. The van der Waals surface area contributed by atoms with Gasteiger partial charge in [0.05, 0.1) is 12.2 Å². The van der Waals surface area contributed by atoms with Crippen LogP contribution in [-0.2, 0) is 11.3 Å². The van der Waals surface area contributed by atoms with E-state index in [0.29, 0.717) is 38.2 Å². The van der Waals surface area contributed by atoms with E-state index in [2.05, 4.69) is 4.98 Å². The van der Waals surface area contributed by atoms with E-state index in [1.54, 1.807) is 22.0 Å². The number of rotatable bonds is 4. The molecule has 1 fully saturated rings. The molecule has 0 radical (unpaired) electrons. The Morgan fingerprint density at radius 3 is 2.90 bits per heavy atom. The summed E-state index contributed by atoms with van der Waals surface area (Å²) in [6.07, 6.45) is 4.26. The van der Waals surface area contributed by atoms with Gasteiger partial charge in [-0.25, -0.2) is 4.98 Å². The highest BCUT2D eigenvalue weighted by Crippen LogP contribution is 2.24. The van der Waals surface area contributed by atoms with Gasteiger partial charge in [0.25, 0.3) is 5.91 Å². The highest BCUT2D eigenvalue weighted by Gasteiger charge is 2.33. The number of nitrogens with zero attached hydrogens (tertiary/aromatic N) is 3. The first kappa shape index (κ1) is 14.5. The minimum Gasteiger partial charge on any atom is -0.481 e. The minimum absolute atomic E-state index is 0.0861. The number of carbonyl (C=O) groups is 2. The van der Waals surface area contributed by atoms with Crippen molar-refractivity contribution in [2.45, 2.75) is 32.4 Å². The zero-order chi connectivity index (χ0) is 14.7. The lowest BCUT2D eigenvalue weighted by molar-refractivity contribution is -0.143. The highest BCUT2D eigenvalue weighted by molar-refractivity contribution is 5.92. The predicted molar refractivity (Wildman–Crippen MR) is 72.1 cm³/mol. The third-order valence-electron chi connectivity index (χ3n) is 3.73. The summed E-state index contributed by atoms with van der Waals surface area (Å²) in [5.74, 6) is -1.28. The van der Waals surface area contributed by atoms with Crippen LogP contribution in [-0.4, -0.2) is 50.6 Å². The lowest BCUT2D eigenvalue weighted by Gasteiger charge is -2.35. The maximum atomic E-state index is 12.4. The molecular weight excluding hydrogens is 260 g/mol. The van der Waals surface area contributed by atoms with Gasteiger partial charge in [-0.2, -0.15) is 0 Å². The van der Waals surface area contributed by atoms with E-state index in [9.17, 15) is 9.59 Å². The fourth-order valence-corrected chi connectivity index (χ4v) is 2.59. The van der Waals surface area contributed by atoms with E-state index in [-0.39, 0.29) is 17.9 Å². The average Bonchev–Trinajstić information content (AvgIpc) is 2.87. The number of aromatic nitrogens is 2. The summed E-state index contributed by atoms with van der Waals surface area (Å²) < 4.78 is 1.78. The Labute approximate surface area is 117 Å². The maximum absolute atomic E-state index is 12.4. The first-order valence-electron chi connectivity index (χ1n) is 6.78. The smallest absolute Gasteiger partial charge is 0.306 e. The number of hydrogen-bond donors (Lipinski definition) is 2. The summed E-state index contributed by atoms with van der Waals surface area (Å²) >= 11 is 0. The number of carbonyl (C=O) groups excluding carboxylic acids is 1. The van der Waals surface area contributed by atoms with Crippen molar-refractivity contribution in [1.29, 1.82) is 0 Å². The van der Waals surface area contributed by atoms with E-state index in [0.717, 1.165) is 0 Å². The Morgan fingerprint density at radius 2 is 2.30 bits per heavy atom. The van der Waals surface area contributed by atoms with E-state index in [1.165, 1.54) is 0 Å². The van der Waals surface area contributed by atoms with Gasteiger partial charge in [-0.3, -0.25) is 9.59 Å². The van der Waals surface area contributed by atoms with Crippen LogP contribution in [0.2, 0.25) is 0 Å². The normalized spacial score (nSPS) is 22.8. The third kappa shape index (κ3) is 2.98. The van der Waals surface area contributed by atoms with Crippen LogP contribution in [0.3, 0.4) is 0 Å². The van der Waals surface area contributed by atoms with Crippen LogP contribution in [0.25, 0.3) is 0 Å². The zero-order valence-corrected chi connectivity index (χ0v) is 11.5. The molecule has 20 heavy (non-hydrogen) atoms. The molecule has 0 aliphatic carbocycles. The molecular formula is C13H20N4O3. The fourth-order valence-electron chi connectivity index (χ4n) is 2.59. The van der Waals surface area contributed by atoms with Crippen molar-refractivity contribution in [1.82, 2.24) is 14.5 Å². The third-order valence-corrected chi connectivity index (χ3v) is 3.73. The minimum atomic E-state index is -0.781. The van der Waals surface area contributed by atoms with Crippen molar-refractivity contribution >= 4 is 11.9 Å². The van der Waals surface area contributed by atoms with E-state index in [4.69, 9.17) is 10.8 Å². The number of piperidine rings is 1. The van der Waals surface area contributed by atoms with Crippen LogP contribution < -0.4 is 5.73 Å². The van der Waals surface area contributed by atoms with Crippen LogP contribution in [0, 0.1) is 5.92 Å². The summed E-state index contributed by atoms with van der Waals surface area (Å²) in [7, 11) is 0. The largest absolute Gasteiger partial charge is 0.481 e. The standard InChI is InChI=1S/C13H20N4O3/c1-9-6-10(13(19)20)2-4-17(9)12(18)11-7-16(5-3-14)8-15-11/h7-10H,2-6,14H2,1H3,(H,19,20). The van der Waals surface area contributed by atoms with Gasteiger partial charge in [-0.05, 0) is 19.8 Å². The molecule has 3 N–H and O–H groups in total. The molecule has 2 atom stereocenters. The molecule has 1 aromatic rings. The highest BCUT2D eigenvalue weighted by atomic mass is 16.4. The second-order valence-electron chi connectivity index (χ2n) is 5.19. The summed E-state index contributed by atoms with van der Waals surface area (Å²) in [5, 5.41) is 9.03. The quantitative estimate of drug-likeness (QED) is 0.818. The SMILES string of the molecule is CC1CC(C(=O)O)CCN1C(=O)c1cn(CCN)cn1. The van der Waals surface area contributed by atoms with Crippen LogP contribution in [0.1, 0.15) is 30.3 Å². The van der Waals surface area contributed by atoms with Crippen molar-refractivity contribution in [3.63, 3.8) is 0 Å². The first-order valence-corrected chi connectivity index (χ1v) is 6.78. The molecule has 1 amide bonds. The molecule has 2 rings (SSSR count). The van der Waals surface area contributed by atoms with Gasteiger partial charge in [0.2, 0.25) is 0 Å². The number of nitrogens with two attached hydrogens (primary N) is 1. The number of carboxylic acids is 1. The molecule has 1 aliphatic rings. The molecule has 0 saturated carbocycles. The van der Waals surface area contributed by atoms with Crippen LogP contribution in [0.5, 0.6) is 0 Å². The summed E-state index contributed by atoms with van der Waals surface area (Å²) in [6.45, 7) is 3.45. The molecule has 7 nitrogen and oxygen atoms in total. The Balaban J connectivity index is 2.03. The van der Waals surface area contributed by atoms with Gasteiger partial charge in [-0.15, -0.1) is 0 Å². The second kappa shape index (κ2) is 6.04. The Bertz CT molecular complexity index is 500. The van der Waals surface area contributed by atoms with Gasteiger partial charge in [0, 0.05) is 31.9 Å². The molecule has 7 heteroatoms. The number of hydrogen-bond acceptors (Lipinski definition) is 4. The van der Waals surface area contributed by atoms with Crippen molar-refractivity contribution in [3.8, 4) is 0 Å². The van der Waals surface area contributed by atoms with E-state index >= 15 is 0 Å². The van der Waals surface area contributed by atoms with Gasteiger partial charge in [0.1, 0.15) is 5.69 Å². The van der Waals surface area contributed by atoms with Gasteiger partial charge in [-0.1, -0.05) is 0 Å². The monoisotopic (exact) mass is 280 g/mol. The summed E-state index contributed by atoms with van der Waals surface area (Å²) in [4.78, 5) is 29.2. The van der Waals surface area contributed by atoms with Crippen molar-refractivity contribution in [2.24, 2.45) is 11.7 Å². The number of imidazole rings is 1. The predicted octanol–water partition coefficient (Wildman–Crippen LogP) is 0.167. The molecule has 1 saturated heterocycles. The van der Waals surface area contributed by atoms with Crippen molar-refractivity contribution in [3.05, 3.63) is 18.2 Å². The maximum Gasteiger partial charge on any atom is 0.306 e. The van der Waals surface area contributed by atoms with Crippen LogP contribution in [0.15, 0.2) is 12.5 Å². The van der Waals surface area contributed by atoms with E-state index < -0.39 is 5.97 Å². The molecule has 0 spiro atoms. The number of likely N-dealkylation sites (tertiary alicyclic amines) is 1. The molecule has 2 unspecified atom stereocenters. The van der Waals surface area contributed by atoms with E-state index in [1.807, 2.05) is 6.92 Å². The zero-order valence-electron chi connectivity index (χ0n) is 11.5.